The molecule has 3 nitrogen and oxygen atoms in total. The third kappa shape index (κ3) is 8.38. The molecule has 0 aliphatic carbocycles. The first-order valence-electron chi connectivity index (χ1n) is 5.19. The molecule has 0 spiro atoms. The average Bonchev–Trinajstić information content (AvgIpc) is 2.11. The summed E-state index contributed by atoms with van der Waals surface area (Å²) in [4.78, 5) is 11.3. The Balaban J connectivity index is 3.50. The fourth-order valence-electron chi connectivity index (χ4n) is 0.903. The maximum atomic E-state index is 11.3. The SMILES string of the molecule is CCCC[S+](O)CC(=O)NCC(C)C. The summed E-state index contributed by atoms with van der Waals surface area (Å²) in [6.45, 7) is 6.88. The van der Waals surface area contributed by atoms with E-state index in [0.717, 1.165) is 18.6 Å². The van der Waals surface area contributed by atoms with Crippen LogP contribution >= 0.6 is 0 Å². The Kier molecular flexibility index (Phi) is 7.99. The maximum absolute atomic E-state index is 11.3. The van der Waals surface area contributed by atoms with Crippen LogP contribution in [0.25, 0.3) is 0 Å². The highest BCUT2D eigenvalue weighted by Gasteiger charge is 2.19. The van der Waals surface area contributed by atoms with Gasteiger partial charge in [-0.1, -0.05) is 27.2 Å². The Hall–Kier alpha value is -0.220. The van der Waals surface area contributed by atoms with E-state index in [1.165, 1.54) is 0 Å². The molecule has 2 N–H and O–H groups in total. The Morgan fingerprint density at radius 3 is 2.64 bits per heavy atom. The second-order valence-corrected chi connectivity index (χ2v) is 5.48. The van der Waals surface area contributed by atoms with Crippen LogP contribution in [0, 0.1) is 5.92 Å². The lowest BCUT2D eigenvalue weighted by Crippen LogP contribution is -2.33. The zero-order valence-electron chi connectivity index (χ0n) is 9.38. The fraction of sp³-hybridized carbons (Fsp3) is 0.900. The van der Waals surface area contributed by atoms with Crippen LogP contribution in [0.4, 0.5) is 0 Å². The second kappa shape index (κ2) is 8.12. The molecule has 4 heteroatoms. The Morgan fingerprint density at radius 2 is 2.14 bits per heavy atom. The number of nitrogens with one attached hydrogen (secondary N) is 1. The van der Waals surface area contributed by atoms with Crippen LogP contribution < -0.4 is 5.32 Å². The molecule has 0 saturated heterocycles. The summed E-state index contributed by atoms with van der Waals surface area (Å²) in [5.74, 6) is 1.47. The molecule has 84 valence electrons. The van der Waals surface area contributed by atoms with E-state index >= 15 is 0 Å². The predicted molar refractivity (Wildman–Crippen MR) is 62.5 cm³/mol. The summed E-state index contributed by atoms with van der Waals surface area (Å²) in [7, 11) is 0. The number of rotatable bonds is 7. The predicted octanol–water partition coefficient (Wildman–Crippen LogP) is 1.65. The molecule has 14 heavy (non-hydrogen) atoms. The van der Waals surface area contributed by atoms with Crippen molar-refractivity contribution in [2.24, 2.45) is 5.92 Å². The van der Waals surface area contributed by atoms with Crippen LogP contribution in [-0.4, -0.2) is 28.5 Å². The van der Waals surface area contributed by atoms with Gasteiger partial charge in [0.25, 0.3) is 5.91 Å². The number of hydrogen-bond acceptors (Lipinski definition) is 2. The maximum Gasteiger partial charge on any atom is 0.273 e. The minimum absolute atomic E-state index is 0.0272. The van der Waals surface area contributed by atoms with Crippen molar-refractivity contribution in [1.82, 2.24) is 5.32 Å². The zero-order valence-corrected chi connectivity index (χ0v) is 10.2. The van der Waals surface area contributed by atoms with Gasteiger partial charge in [-0.15, -0.1) is 0 Å². The van der Waals surface area contributed by atoms with Crippen LogP contribution in [0.5, 0.6) is 0 Å². The number of carbonyl (C=O) groups is 1. The van der Waals surface area contributed by atoms with Crippen LogP contribution in [0.15, 0.2) is 0 Å². The molecule has 1 atom stereocenters. The number of hydrogen-bond donors (Lipinski definition) is 2. The van der Waals surface area contributed by atoms with Crippen molar-refractivity contribution in [1.29, 1.82) is 0 Å². The second-order valence-electron chi connectivity index (χ2n) is 3.86. The Morgan fingerprint density at radius 1 is 1.50 bits per heavy atom. The van der Waals surface area contributed by atoms with Crippen LogP contribution in [0.2, 0.25) is 0 Å². The summed E-state index contributed by atoms with van der Waals surface area (Å²) in [5, 5.41) is 2.80. The molecule has 0 aromatic rings. The molecule has 1 amide bonds. The monoisotopic (exact) mass is 220 g/mol. The van der Waals surface area contributed by atoms with Gasteiger partial charge in [0, 0.05) is 6.54 Å². The summed E-state index contributed by atoms with van der Waals surface area (Å²) < 4.78 is 9.48. The summed E-state index contributed by atoms with van der Waals surface area (Å²) in [6.07, 6.45) is 2.06. The molecule has 0 aromatic carbocycles. The fourth-order valence-corrected chi connectivity index (χ4v) is 2.07. The van der Waals surface area contributed by atoms with Crippen molar-refractivity contribution < 1.29 is 9.35 Å². The van der Waals surface area contributed by atoms with Gasteiger partial charge >= 0.3 is 0 Å². The van der Waals surface area contributed by atoms with Crippen molar-refractivity contribution in [2.75, 3.05) is 18.1 Å². The highest BCUT2D eigenvalue weighted by atomic mass is 32.2. The molecule has 0 saturated carbocycles. The lowest BCUT2D eigenvalue weighted by atomic mass is 10.2. The van der Waals surface area contributed by atoms with E-state index in [0.29, 0.717) is 12.5 Å². The van der Waals surface area contributed by atoms with E-state index in [9.17, 15) is 9.35 Å². The molecule has 0 rings (SSSR count). The molecular formula is C10H22NO2S+. The van der Waals surface area contributed by atoms with Crippen LogP contribution in [0.1, 0.15) is 33.6 Å². The van der Waals surface area contributed by atoms with Crippen LogP contribution in [-0.2, 0) is 16.0 Å². The normalized spacial score (nSPS) is 12.9. The summed E-state index contributed by atoms with van der Waals surface area (Å²) in [6, 6.07) is 0. The van der Waals surface area contributed by atoms with Crippen molar-refractivity contribution in [3.05, 3.63) is 0 Å². The van der Waals surface area contributed by atoms with Gasteiger partial charge in [-0.2, -0.15) is 4.55 Å². The topological polar surface area (TPSA) is 49.3 Å². The zero-order chi connectivity index (χ0) is 11.0. The number of carbonyl (C=O) groups excluding carboxylic acids is 1. The molecule has 0 radical (unpaired) electrons. The van der Waals surface area contributed by atoms with Gasteiger partial charge < -0.3 is 5.32 Å². The van der Waals surface area contributed by atoms with E-state index < -0.39 is 11.2 Å². The summed E-state index contributed by atoms with van der Waals surface area (Å²) in [5.41, 5.74) is 0. The third-order valence-electron chi connectivity index (χ3n) is 1.74. The van der Waals surface area contributed by atoms with Crippen molar-refractivity contribution in [2.45, 2.75) is 33.6 Å². The number of unbranched alkanes of at least 4 members (excludes halogenated alkanes) is 1. The molecule has 1 unspecified atom stereocenters. The first-order chi connectivity index (χ1) is 6.56. The minimum Gasteiger partial charge on any atom is -0.352 e. The largest absolute Gasteiger partial charge is 0.352 e. The molecule has 0 fully saturated rings. The van der Waals surface area contributed by atoms with Gasteiger partial charge in [-0.25, -0.2) is 0 Å². The number of amides is 1. The highest BCUT2D eigenvalue weighted by molar-refractivity contribution is 7.92. The average molecular weight is 220 g/mol. The van der Waals surface area contributed by atoms with E-state index in [4.69, 9.17) is 0 Å². The molecule has 0 aromatic heterocycles. The van der Waals surface area contributed by atoms with Gasteiger partial charge in [-0.05, 0) is 12.3 Å². The molecule has 0 aliphatic heterocycles. The molecular weight excluding hydrogens is 198 g/mol. The highest BCUT2D eigenvalue weighted by Crippen LogP contribution is 1.97. The quantitative estimate of drug-likeness (QED) is 0.641. The van der Waals surface area contributed by atoms with Crippen LogP contribution in [0.3, 0.4) is 0 Å². The molecule has 0 heterocycles. The Bertz CT molecular complexity index is 162. The molecule has 0 aliphatic rings. The first-order valence-corrected chi connectivity index (χ1v) is 6.71. The van der Waals surface area contributed by atoms with Crippen molar-refractivity contribution in [3.8, 4) is 0 Å². The van der Waals surface area contributed by atoms with Gasteiger partial charge in [0.2, 0.25) is 5.75 Å². The third-order valence-corrected chi connectivity index (χ3v) is 3.09. The van der Waals surface area contributed by atoms with Crippen molar-refractivity contribution >= 4 is 17.1 Å². The smallest absolute Gasteiger partial charge is 0.273 e. The minimum atomic E-state index is -0.727. The first kappa shape index (κ1) is 13.8. The van der Waals surface area contributed by atoms with Gasteiger partial charge in [0.05, 0.1) is 0 Å². The van der Waals surface area contributed by atoms with Crippen molar-refractivity contribution in [3.63, 3.8) is 0 Å². The Labute approximate surface area is 89.8 Å². The standard InChI is InChI=1S/C10H21NO2S/c1-4-5-6-14(13)8-10(12)11-7-9(2)3/h9,13H,4-8H2,1-3H3/p+1. The lowest BCUT2D eigenvalue weighted by Gasteiger charge is -2.05. The van der Waals surface area contributed by atoms with E-state index in [1.807, 2.05) is 0 Å². The van der Waals surface area contributed by atoms with E-state index in [2.05, 4.69) is 26.1 Å². The van der Waals surface area contributed by atoms with Gasteiger partial charge in [-0.3, -0.25) is 4.79 Å². The lowest BCUT2D eigenvalue weighted by molar-refractivity contribution is -0.118. The molecule has 0 bridgehead atoms. The van der Waals surface area contributed by atoms with Gasteiger partial charge in [0.1, 0.15) is 5.75 Å². The summed E-state index contributed by atoms with van der Waals surface area (Å²) >= 11 is -0.727. The van der Waals surface area contributed by atoms with Gasteiger partial charge in [0.15, 0.2) is 11.2 Å². The van der Waals surface area contributed by atoms with E-state index in [1.54, 1.807) is 0 Å². The van der Waals surface area contributed by atoms with E-state index in [-0.39, 0.29) is 11.7 Å².